The van der Waals surface area contributed by atoms with E-state index in [2.05, 4.69) is 12.0 Å². The molecule has 0 aromatic heterocycles. The number of hydrazone groups is 1. The SMILES string of the molecule is CC1CCCC/C1=N\N(C)C. The predicted octanol–water partition coefficient (Wildman–Crippen LogP) is 2.11. The number of rotatable bonds is 1. The van der Waals surface area contributed by atoms with E-state index in [9.17, 15) is 0 Å². The van der Waals surface area contributed by atoms with Gasteiger partial charge in [-0.1, -0.05) is 13.3 Å². The normalized spacial score (nSPS) is 29.0. The molecule has 1 aliphatic rings. The average molecular weight is 154 g/mol. The zero-order valence-electron chi connectivity index (χ0n) is 7.80. The van der Waals surface area contributed by atoms with E-state index in [-0.39, 0.29) is 0 Å². The first kappa shape index (κ1) is 8.57. The molecule has 0 aromatic rings. The molecule has 0 bridgehead atoms. The summed E-state index contributed by atoms with van der Waals surface area (Å²) in [6, 6.07) is 0. The van der Waals surface area contributed by atoms with E-state index in [1.165, 1.54) is 31.4 Å². The predicted molar refractivity (Wildman–Crippen MR) is 48.8 cm³/mol. The fourth-order valence-corrected chi connectivity index (χ4v) is 1.58. The van der Waals surface area contributed by atoms with E-state index in [0.29, 0.717) is 5.92 Å². The molecule has 1 fully saturated rings. The smallest absolute Gasteiger partial charge is 0.0408 e. The molecule has 0 aromatic carbocycles. The number of hydrogen-bond donors (Lipinski definition) is 0. The van der Waals surface area contributed by atoms with Crippen molar-refractivity contribution in [1.82, 2.24) is 5.01 Å². The molecule has 1 unspecified atom stereocenters. The molecule has 0 saturated heterocycles. The zero-order chi connectivity index (χ0) is 8.27. The van der Waals surface area contributed by atoms with Gasteiger partial charge in [-0.2, -0.15) is 5.10 Å². The van der Waals surface area contributed by atoms with Crippen LogP contribution in [0.2, 0.25) is 0 Å². The summed E-state index contributed by atoms with van der Waals surface area (Å²) < 4.78 is 0. The molecule has 1 aliphatic carbocycles. The molecule has 64 valence electrons. The van der Waals surface area contributed by atoms with Crippen LogP contribution in [-0.2, 0) is 0 Å². The van der Waals surface area contributed by atoms with Crippen LogP contribution >= 0.6 is 0 Å². The Balaban J connectivity index is 2.53. The van der Waals surface area contributed by atoms with Crippen LogP contribution in [0, 0.1) is 5.92 Å². The van der Waals surface area contributed by atoms with Crippen LogP contribution in [0.15, 0.2) is 5.10 Å². The van der Waals surface area contributed by atoms with Crippen LogP contribution in [0.25, 0.3) is 0 Å². The van der Waals surface area contributed by atoms with Crippen LogP contribution in [0.1, 0.15) is 32.6 Å². The minimum absolute atomic E-state index is 0.714. The highest BCUT2D eigenvalue weighted by molar-refractivity contribution is 5.86. The van der Waals surface area contributed by atoms with Gasteiger partial charge in [0.2, 0.25) is 0 Å². The molecular weight excluding hydrogens is 136 g/mol. The Morgan fingerprint density at radius 3 is 2.64 bits per heavy atom. The standard InChI is InChI=1S/C9H18N2/c1-8-6-4-5-7-9(8)10-11(2)3/h8H,4-7H2,1-3H3/b10-9+. The molecule has 0 N–H and O–H groups in total. The number of hydrogen-bond acceptors (Lipinski definition) is 2. The van der Waals surface area contributed by atoms with E-state index in [1.807, 2.05) is 19.1 Å². The van der Waals surface area contributed by atoms with Crippen molar-refractivity contribution in [2.75, 3.05) is 14.1 Å². The maximum absolute atomic E-state index is 4.47. The molecule has 1 rings (SSSR count). The third-order valence-electron chi connectivity index (χ3n) is 2.22. The Bertz CT molecular complexity index is 150. The van der Waals surface area contributed by atoms with Crippen molar-refractivity contribution < 1.29 is 0 Å². The maximum atomic E-state index is 4.47. The molecule has 11 heavy (non-hydrogen) atoms. The largest absolute Gasteiger partial charge is 0.303 e. The second-order valence-corrected chi connectivity index (χ2v) is 3.59. The third kappa shape index (κ3) is 2.52. The fourth-order valence-electron chi connectivity index (χ4n) is 1.58. The summed E-state index contributed by atoms with van der Waals surface area (Å²) in [6.07, 6.45) is 5.25. The number of nitrogens with zero attached hydrogens (tertiary/aromatic N) is 2. The van der Waals surface area contributed by atoms with Gasteiger partial charge in [-0.05, 0) is 25.2 Å². The van der Waals surface area contributed by atoms with E-state index in [1.54, 1.807) is 0 Å². The van der Waals surface area contributed by atoms with Gasteiger partial charge in [-0.15, -0.1) is 0 Å². The Morgan fingerprint density at radius 1 is 1.36 bits per heavy atom. The summed E-state index contributed by atoms with van der Waals surface area (Å²) in [7, 11) is 3.99. The van der Waals surface area contributed by atoms with Crippen molar-refractivity contribution in [1.29, 1.82) is 0 Å². The summed E-state index contributed by atoms with van der Waals surface area (Å²) in [6.45, 7) is 2.28. The maximum Gasteiger partial charge on any atom is 0.0408 e. The molecule has 2 nitrogen and oxygen atoms in total. The van der Waals surface area contributed by atoms with Crippen LogP contribution in [0.3, 0.4) is 0 Å². The monoisotopic (exact) mass is 154 g/mol. The van der Waals surface area contributed by atoms with E-state index in [4.69, 9.17) is 0 Å². The second-order valence-electron chi connectivity index (χ2n) is 3.59. The highest BCUT2D eigenvalue weighted by Crippen LogP contribution is 2.21. The van der Waals surface area contributed by atoms with Gasteiger partial charge in [0.1, 0.15) is 0 Å². The van der Waals surface area contributed by atoms with Gasteiger partial charge in [0.25, 0.3) is 0 Å². The van der Waals surface area contributed by atoms with Crippen LogP contribution in [0.4, 0.5) is 0 Å². The van der Waals surface area contributed by atoms with Crippen molar-refractivity contribution in [2.24, 2.45) is 11.0 Å². The quantitative estimate of drug-likeness (QED) is 0.528. The Kier molecular flexibility index (Phi) is 2.92. The van der Waals surface area contributed by atoms with Gasteiger partial charge < -0.3 is 5.01 Å². The van der Waals surface area contributed by atoms with Crippen LogP contribution in [0.5, 0.6) is 0 Å². The molecule has 0 radical (unpaired) electrons. The topological polar surface area (TPSA) is 15.6 Å². The summed E-state index contributed by atoms with van der Waals surface area (Å²) in [5.41, 5.74) is 1.39. The molecule has 0 amide bonds. The van der Waals surface area contributed by atoms with Gasteiger partial charge in [0, 0.05) is 19.8 Å². The molecular formula is C9H18N2. The van der Waals surface area contributed by atoms with Crippen molar-refractivity contribution in [2.45, 2.75) is 32.6 Å². The molecule has 1 saturated carbocycles. The molecule has 0 aliphatic heterocycles. The summed E-state index contributed by atoms with van der Waals surface area (Å²) in [4.78, 5) is 0. The molecule has 1 atom stereocenters. The van der Waals surface area contributed by atoms with E-state index < -0.39 is 0 Å². The average Bonchev–Trinajstić information content (AvgIpc) is 1.93. The first-order chi connectivity index (χ1) is 5.20. The van der Waals surface area contributed by atoms with Crippen LogP contribution < -0.4 is 0 Å². The molecule has 2 heteroatoms. The summed E-state index contributed by atoms with van der Waals surface area (Å²) in [5, 5.41) is 6.38. The van der Waals surface area contributed by atoms with E-state index in [0.717, 1.165) is 0 Å². The fraction of sp³-hybridized carbons (Fsp3) is 0.889. The first-order valence-electron chi connectivity index (χ1n) is 4.45. The summed E-state index contributed by atoms with van der Waals surface area (Å²) in [5.74, 6) is 0.714. The lowest BCUT2D eigenvalue weighted by Gasteiger charge is -2.21. The van der Waals surface area contributed by atoms with Gasteiger partial charge in [-0.25, -0.2) is 0 Å². The summed E-state index contributed by atoms with van der Waals surface area (Å²) >= 11 is 0. The van der Waals surface area contributed by atoms with Crippen molar-refractivity contribution in [3.05, 3.63) is 0 Å². The van der Waals surface area contributed by atoms with Crippen molar-refractivity contribution >= 4 is 5.71 Å². The Morgan fingerprint density at radius 2 is 2.09 bits per heavy atom. The first-order valence-corrected chi connectivity index (χ1v) is 4.45. The Labute approximate surface area is 69.3 Å². The Hall–Kier alpha value is -0.530. The van der Waals surface area contributed by atoms with E-state index >= 15 is 0 Å². The highest BCUT2D eigenvalue weighted by Gasteiger charge is 2.15. The second kappa shape index (κ2) is 3.74. The van der Waals surface area contributed by atoms with Gasteiger partial charge in [0.05, 0.1) is 0 Å². The lowest BCUT2D eigenvalue weighted by Crippen LogP contribution is -2.19. The highest BCUT2D eigenvalue weighted by atomic mass is 15.4. The van der Waals surface area contributed by atoms with Crippen molar-refractivity contribution in [3.8, 4) is 0 Å². The van der Waals surface area contributed by atoms with Crippen molar-refractivity contribution in [3.63, 3.8) is 0 Å². The van der Waals surface area contributed by atoms with Gasteiger partial charge in [0.15, 0.2) is 0 Å². The minimum atomic E-state index is 0.714. The lowest BCUT2D eigenvalue weighted by atomic mass is 9.89. The lowest BCUT2D eigenvalue weighted by molar-refractivity contribution is 0.422. The molecule has 0 heterocycles. The zero-order valence-corrected chi connectivity index (χ0v) is 7.80. The molecule has 0 spiro atoms. The van der Waals surface area contributed by atoms with Gasteiger partial charge in [-0.3, -0.25) is 0 Å². The van der Waals surface area contributed by atoms with Gasteiger partial charge >= 0.3 is 0 Å². The van der Waals surface area contributed by atoms with Crippen LogP contribution in [-0.4, -0.2) is 24.8 Å². The third-order valence-corrected chi connectivity index (χ3v) is 2.22. The minimum Gasteiger partial charge on any atom is -0.303 e.